The van der Waals surface area contributed by atoms with Crippen LogP contribution in [0.2, 0.25) is 0 Å². The second-order valence-corrected chi connectivity index (χ2v) is 7.10. The molecular formula is C19H22N2OS. The molecule has 3 rings (SSSR count). The monoisotopic (exact) mass is 326 g/mol. The second kappa shape index (κ2) is 7.55. The number of nitrogens with zero attached hydrogens (tertiary/aromatic N) is 1. The molecule has 0 unspecified atom stereocenters. The Hall–Kier alpha value is -1.94. The summed E-state index contributed by atoms with van der Waals surface area (Å²) in [7, 11) is 0. The fourth-order valence-corrected chi connectivity index (χ4v) is 4.05. The van der Waals surface area contributed by atoms with Gasteiger partial charge in [0.25, 0.3) is 0 Å². The lowest BCUT2D eigenvalue weighted by atomic mass is 10.1. The van der Waals surface area contributed by atoms with Gasteiger partial charge >= 0.3 is 6.03 Å². The molecule has 4 heteroatoms. The molecule has 2 aromatic carbocycles. The Balaban J connectivity index is 1.61. The van der Waals surface area contributed by atoms with Crippen molar-refractivity contribution < 1.29 is 4.79 Å². The Bertz CT molecular complexity index is 659. The number of nitrogens with one attached hydrogen (secondary N) is 1. The van der Waals surface area contributed by atoms with Gasteiger partial charge in [-0.3, -0.25) is 0 Å². The number of benzene rings is 2. The molecule has 3 nitrogen and oxygen atoms in total. The third-order valence-electron chi connectivity index (χ3n) is 4.19. The first-order chi connectivity index (χ1) is 11.2. The molecule has 1 aliphatic heterocycles. The number of para-hydroxylation sites is 1. The first-order valence-electron chi connectivity index (χ1n) is 8.02. The number of hydrogen-bond donors (Lipinski definition) is 1. The van der Waals surface area contributed by atoms with Crippen LogP contribution in [0.3, 0.4) is 0 Å². The van der Waals surface area contributed by atoms with Gasteiger partial charge in [-0.05, 0) is 30.5 Å². The molecule has 0 radical (unpaired) electrons. The van der Waals surface area contributed by atoms with E-state index in [1.54, 1.807) is 0 Å². The molecule has 0 saturated carbocycles. The smallest absolute Gasteiger partial charge is 0.321 e. The number of amides is 2. The van der Waals surface area contributed by atoms with E-state index < -0.39 is 0 Å². The van der Waals surface area contributed by atoms with E-state index in [4.69, 9.17) is 0 Å². The maximum absolute atomic E-state index is 12.5. The molecule has 0 aromatic heterocycles. The zero-order chi connectivity index (χ0) is 16.1. The number of urea groups is 1. The van der Waals surface area contributed by atoms with Crippen LogP contribution in [0.4, 0.5) is 10.5 Å². The third-order valence-corrected chi connectivity index (χ3v) is 5.52. The van der Waals surface area contributed by atoms with Crippen LogP contribution in [0.1, 0.15) is 22.8 Å². The highest BCUT2D eigenvalue weighted by molar-refractivity contribution is 7.99. The van der Waals surface area contributed by atoms with Crippen molar-refractivity contribution in [3.8, 4) is 0 Å². The van der Waals surface area contributed by atoms with Gasteiger partial charge in [-0.25, -0.2) is 4.79 Å². The van der Waals surface area contributed by atoms with Crippen molar-refractivity contribution in [1.29, 1.82) is 0 Å². The molecule has 0 bridgehead atoms. The van der Waals surface area contributed by atoms with Gasteiger partial charge in [0.15, 0.2) is 0 Å². The summed E-state index contributed by atoms with van der Waals surface area (Å²) in [4.78, 5) is 14.5. The number of carbonyl (C=O) groups excluding carboxylic acids is 1. The average Bonchev–Trinajstić information content (AvgIpc) is 2.84. The molecule has 0 aliphatic carbocycles. The van der Waals surface area contributed by atoms with Gasteiger partial charge in [0, 0.05) is 29.8 Å². The maximum atomic E-state index is 12.5. The standard InChI is InChI=1S/C19H22N2OS/c1-15-7-5-6-10-17(15)20-19(22)21-12-11-18(23-14-13-21)16-8-3-2-4-9-16/h2-10,18H,11-14H2,1H3,(H,20,22)/t18-/m1/s1. The van der Waals surface area contributed by atoms with E-state index in [9.17, 15) is 4.79 Å². The maximum Gasteiger partial charge on any atom is 0.321 e. The first-order valence-corrected chi connectivity index (χ1v) is 9.07. The van der Waals surface area contributed by atoms with Crippen LogP contribution in [-0.4, -0.2) is 29.8 Å². The summed E-state index contributed by atoms with van der Waals surface area (Å²) in [6.07, 6.45) is 0.996. The molecular weight excluding hydrogens is 304 g/mol. The minimum Gasteiger partial charge on any atom is -0.324 e. The van der Waals surface area contributed by atoms with Crippen molar-refractivity contribution in [2.75, 3.05) is 24.2 Å². The van der Waals surface area contributed by atoms with Crippen molar-refractivity contribution in [1.82, 2.24) is 4.90 Å². The van der Waals surface area contributed by atoms with Gasteiger partial charge in [-0.15, -0.1) is 0 Å². The highest BCUT2D eigenvalue weighted by atomic mass is 32.2. The van der Waals surface area contributed by atoms with Crippen LogP contribution in [-0.2, 0) is 0 Å². The molecule has 120 valence electrons. The number of carbonyl (C=O) groups is 1. The van der Waals surface area contributed by atoms with E-state index in [0.29, 0.717) is 5.25 Å². The van der Waals surface area contributed by atoms with E-state index >= 15 is 0 Å². The van der Waals surface area contributed by atoms with E-state index in [0.717, 1.165) is 36.5 Å². The first kappa shape index (κ1) is 15.9. The zero-order valence-electron chi connectivity index (χ0n) is 13.4. The van der Waals surface area contributed by atoms with E-state index in [1.807, 2.05) is 53.9 Å². The highest BCUT2D eigenvalue weighted by Gasteiger charge is 2.22. The van der Waals surface area contributed by atoms with E-state index in [2.05, 4.69) is 29.6 Å². The van der Waals surface area contributed by atoms with Crippen molar-refractivity contribution in [2.24, 2.45) is 0 Å². The van der Waals surface area contributed by atoms with Crippen LogP contribution < -0.4 is 5.32 Å². The van der Waals surface area contributed by atoms with Crippen molar-refractivity contribution in [3.63, 3.8) is 0 Å². The number of thioether (sulfide) groups is 1. The molecule has 1 heterocycles. The Morgan fingerprint density at radius 1 is 1.09 bits per heavy atom. The van der Waals surface area contributed by atoms with Gasteiger partial charge < -0.3 is 10.2 Å². The zero-order valence-corrected chi connectivity index (χ0v) is 14.2. The number of aryl methyl sites for hydroxylation is 1. The van der Waals surface area contributed by atoms with Gasteiger partial charge in [0.2, 0.25) is 0 Å². The molecule has 1 aliphatic rings. The van der Waals surface area contributed by atoms with Crippen LogP contribution in [0.5, 0.6) is 0 Å². The molecule has 23 heavy (non-hydrogen) atoms. The quantitative estimate of drug-likeness (QED) is 0.867. The normalized spacial score (nSPS) is 18.3. The Morgan fingerprint density at radius 2 is 1.83 bits per heavy atom. The second-order valence-electron chi connectivity index (χ2n) is 5.79. The third kappa shape index (κ3) is 4.08. The number of hydrogen-bond acceptors (Lipinski definition) is 2. The molecule has 0 spiro atoms. The topological polar surface area (TPSA) is 32.3 Å². The Kier molecular flexibility index (Phi) is 5.23. The lowest BCUT2D eigenvalue weighted by Gasteiger charge is -2.21. The van der Waals surface area contributed by atoms with Crippen LogP contribution in [0, 0.1) is 6.92 Å². The number of anilines is 1. The fraction of sp³-hybridized carbons (Fsp3) is 0.316. The Labute approximate surface area is 142 Å². The lowest BCUT2D eigenvalue weighted by Crippen LogP contribution is -2.36. The highest BCUT2D eigenvalue weighted by Crippen LogP contribution is 2.34. The van der Waals surface area contributed by atoms with Gasteiger partial charge in [-0.1, -0.05) is 48.5 Å². The van der Waals surface area contributed by atoms with E-state index in [1.165, 1.54) is 5.56 Å². The predicted octanol–water partition coefficient (Wildman–Crippen LogP) is 4.71. The minimum atomic E-state index is 0.00797. The summed E-state index contributed by atoms with van der Waals surface area (Å²) in [6.45, 7) is 3.61. The molecule has 1 fully saturated rings. The van der Waals surface area contributed by atoms with Gasteiger partial charge in [0.1, 0.15) is 0 Å². The summed E-state index contributed by atoms with van der Waals surface area (Å²) >= 11 is 1.95. The summed E-state index contributed by atoms with van der Waals surface area (Å²) in [5.74, 6) is 0.973. The molecule has 1 saturated heterocycles. The van der Waals surface area contributed by atoms with Crippen molar-refractivity contribution in [2.45, 2.75) is 18.6 Å². The van der Waals surface area contributed by atoms with E-state index in [-0.39, 0.29) is 6.03 Å². The molecule has 2 aromatic rings. The summed E-state index contributed by atoms with van der Waals surface area (Å²) < 4.78 is 0. The largest absolute Gasteiger partial charge is 0.324 e. The minimum absolute atomic E-state index is 0.00797. The predicted molar refractivity (Wildman–Crippen MR) is 98.0 cm³/mol. The van der Waals surface area contributed by atoms with Crippen molar-refractivity contribution in [3.05, 3.63) is 65.7 Å². The summed E-state index contributed by atoms with van der Waals surface area (Å²) in [5, 5.41) is 3.52. The van der Waals surface area contributed by atoms with Gasteiger partial charge in [-0.2, -0.15) is 11.8 Å². The molecule has 2 amide bonds. The fourth-order valence-electron chi connectivity index (χ4n) is 2.81. The van der Waals surface area contributed by atoms with Crippen LogP contribution in [0.15, 0.2) is 54.6 Å². The SMILES string of the molecule is Cc1ccccc1NC(=O)N1CCS[C@@H](c2ccccc2)CC1. The summed E-state index contributed by atoms with van der Waals surface area (Å²) in [6, 6.07) is 18.5. The van der Waals surface area contributed by atoms with Crippen LogP contribution >= 0.6 is 11.8 Å². The van der Waals surface area contributed by atoms with Gasteiger partial charge in [0.05, 0.1) is 0 Å². The summed E-state index contributed by atoms with van der Waals surface area (Å²) in [5.41, 5.74) is 3.35. The number of rotatable bonds is 2. The molecule has 1 atom stereocenters. The lowest BCUT2D eigenvalue weighted by molar-refractivity contribution is 0.215. The average molecular weight is 326 g/mol. The van der Waals surface area contributed by atoms with Crippen LogP contribution in [0.25, 0.3) is 0 Å². The van der Waals surface area contributed by atoms with Crippen molar-refractivity contribution >= 4 is 23.5 Å². The Morgan fingerprint density at radius 3 is 2.61 bits per heavy atom. The molecule has 1 N–H and O–H groups in total.